The highest BCUT2D eigenvalue weighted by molar-refractivity contribution is 9.11. The molecule has 18 heavy (non-hydrogen) atoms. The van der Waals surface area contributed by atoms with E-state index in [0.29, 0.717) is 0 Å². The first kappa shape index (κ1) is 13.8. The van der Waals surface area contributed by atoms with Gasteiger partial charge in [-0.25, -0.2) is 0 Å². The molecule has 0 spiro atoms. The highest BCUT2D eigenvalue weighted by Crippen LogP contribution is 2.28. The van der Waals surface area contributed by atoms with E-state index in [1.807, 2.05) is 25.0 Å². The minimum atomic E-state index is 0.275. The monoisotopic (exact) mass is 371 g/mol. The molecule has 1 N–H and O–H groups in total. The summed E-state index contributed by atoms with van der Waals surface area (Å²) in [5, 5.41) is 7.56. The summed E-state index contributed by atoms with van der Waals surface area (Å²) in [7, 11) is 3.92. The summed E-state index contributed by atoms with van der Waals surface area (Å²) >= 11 is 7.09. The minimum Gasteiger partial charge on any atom is -0.313 e. The zero-order valence-corrected chi connectivity index (χ0v) is 13.5. The van der Waals surface area contributed by atoms with Crippen LogP contribution in [0.2, 0.25) is 0 Å². The lowest BCUT2D eigenvalue weighted by molar-refractivity contribution is 0.589. The second-order valence-corrected chi connectivity index (χ2v) is 6.00. The molecule has 0 aliphatic heterocycles. The Hall–Kier alpha value is -0.650. The molecule has 0 saturated carbocycles. The van der Waals surface area contributed by atoms with Crippen LogP contribution in [-0.4, -0.2) is 16.8 Å². The van der Waals surface area contributed by atoms with Crippen LogP contribution in [0.4, 0.5) is 0 Å². The Labute approximate surface area is 124 Å². The average molecular weight is 373 g/mol. The van der Waals surface area contributed by atoms with Gasteiger partial charge in [-0.3, -0.25) is 4.68 Å². The lowest BCUT2D eigenvalue weighted by Gasteiger charge is -2.17. The van der Waals surface area contributed by atoms with Gasteiger partial charge in [0.1, 0.15) is 0 Å². The van der Waals surface area contributed by atoms with Gasteiger partial charge in [0.05, 0.1) is 6.20 Å². The topological polar surface area (TPSA) is 29.9 Å². The summed E-state index contributed by atoms with van der Waals surface area (Å²) in [6, 6.07) is 6.54. The van der Waals surface area contributed by atoms with Crippen molar-refractivity contribution in [3.05, 3.63) is 50.7 Å². The zero-order chi connectivity index (χ0) is 13.1. The smallest absolute Gasteiger partial charge is 0.0522 e. The van der Waals surface area contributed by atoms with Crippen LogP contribution in [0.25, 0.3) is 0 Å². The zero-order valence-electron chi connectivity index (χ0n) is 10.3. The van der Waals surface area contributed by atoms with Crippen molar-refractivity contribution in [3.63, 3.8) is 0 Å². The second kappa shape index (κ2) is 5.99. The van der Waals surface area contributed by atoms with E-state index in [1.165, 1.54) is 11.1 Å². The lowest BCUT2D eigenvalue weighted by Crippen LogP contribution is -2.19. The fourth-order valence-corrected chi connectivity index (χ4v) is 3.29. The highest BCUT2D eigenvalue weighted by atomic mass is 79.9. The van der Waals surface area contributed by atoms with Crippen molar-refractivity contribution in [2.45, 2.75) is 12.5 Å². The van der Waals surface area contributed by atoms with E-state index in [-0.39, 0.29) is 6.04 Å². The number of nitrogens with one attached hydrogen (secondary N) is 1. The first-order valence-electron chi connectivity index (χ1n) is 5.70. The van der Waals surface area contributed by atoms with E-state index < -0.39 is 0 Å². The van der Waals surface area contributed by atoms with E-state index in [4.69, 9.17) is 0 Å². The van der Waals surface area contributed by atoms with Gasteiger partial charge in [-0.15, -0.1) is 0 Å². The normalized spacial score (nSPS) is 12.7. The molecule has 1 atom stereocenters. The summed E-state index contributed by atoms with van der Waals surface area (Å²) in [4.78, 5) is 0. The molecular weight excluding hydrogens is 358 g/mol. The van der Waals surface area contributed by atoms with Crippen molar-refractivity contribution in [2.24, 2.45) is 7.05 Å². The van der Waals surface area contributed by atoms with Gasteiger partial charge in [0.15, 0.2) is 0 Å². The van der Waals surface area contributed by atoms with E-state index in [2.05, 4.69) is 66.7 Å². The third kappa shape index (κ3) is 3.22. The van der Waals surface area contributed by atoms with Crippen molar-refractivity contribution < 1.29 is 0 Å². The van der Waals surface area contributed by atoms with Crippen LogP contribution < -0.4 is 5.32 Å². The highest BCUT2D eigenvalue weighted by Gasteiger charge is 2.14. The number of nitrogens with zero attached hydrogens (tertiary/aromatic N) is 2. The largest absolute Gasteiger partial charge is 0.313 e. The van der Waals surface area contributed by atoms with Crippen LogP contribution >= 0.6 is 31.9 Å². The van der Waals surface area contributed by atoms with Gasteiger partial charge in [0.25, 0.3) is 0 Å². The van der Waals surface area contributed by atoms with E-state index in [0.717, 1.165) is 15.4 Å². The molecule has 1 aromatic carbocycles. The number of rotatable bonds is 4. The standard InChI is InChI=1S/C13H15Br2N3/c1-16-13(5-9-7-17-18(2)8-9)11-4-3-10(14)6-12(11)15/h3-4,6-8,13,16H,5H2,1-2H3. The van der Waals surface area contributed by atoms with Crippen molar-refractivity contribution in [1.82, 2.24) is 15.1 Å². The van der Waals surface area contributed by atoms with E-state index in [9.17, 15) is 0 Å². The first-order valence-corrected chi connectivity index (χ1v) is 7.28. The molecule has 1 heterocycles. The molecule has 0 aliphatic carbocycles. The number of likely N-dealkylation sites (N-methyl/N-ethyl adjacent to an activating group) is 1. The van der Waals surface area contributed by atoms with Crippen LogP contribution in [0, 0.1) is 0 Å². The Morgan fingerprint density at radius 1 is 1.39 bits per heavy atom. The number of hydrogen-bond acceptors (Lipinski definition) is 2. The Balaban J connectivity index is 2.22. The van der Waals surface area contributed by atoms with Crippen molar-refractivity contribution >= 4 is 31.9 Å². The van der Waals surface area contributed by atoms with Crippen molar-refractivity contribution in [1.29, 1.82) is 0 Å². The number of hydrogen-bond donors (Lipinski definition) is 1. The van der Waals surface area contributed by atoms with E-state index in [1.54, 1.807) is 0 Å². The molecule has 0 aliphatic rings. The molecule has 0 fully saturated rings. The van der Waals surface area contributed by atoms with Crippen LogP contribution in [0.5, 0.6) is 0 Å². The predicted molar refractivity (Wildman–Crippen MR) is 80.6 cm³/mol. The SMILES string of the molecule is CNC(Cc1cnn(C)c1)c1ccc(Br)cc1Br. The van der Waals surface area contributed by atoms with Crippen LogP contribution in [0.1, 0.15) is 17.2 Å². The lowest BCUT2D eigenvalue weighted by atomic mass is 10.0. The van der Waals surface area contributed by atoms with Gasteiger partial charge in [-0.2, -0.15) is 5.10 Å². The predicted octanol–water partition coefficient (Wildman–Crippen LogP) is 3.45. The fourth-order valence-electron chi connectivity index (χ4n) is 1.96. The molecule has 0 saturated heterocycles. The second-order valence-electron chi connectivity index (χ2n) is 4.23. The molecular formula is C13H15Br2N3. The van der Waals surface area contributed by atoms with Gasteiger partial charge in [-0.1, -0.05) is 37.9 Å². The quantitative estimate of drug-likeness (QED) is 0.890. The molecule has 1 unspecified atom stereocenters. The molecule has 3 nitrogen and oxygen atoms in total. The number of halogens is 2. The summed E-state index contributed by atoms with van der Waals surface area (Å²) in [5.41, 5.74) is 2.48. The van der Waals surface area contributed by atoms with Gasteiger partial charge in [0.2, 0.25) is 0 Å². The van der Waals surface area contributed by atoms with Crippen molar-refractivity contribution in [3.8, 4) is 0 Å². The Morgan fingerprint density at radius 2 is 2.17 bits per heavy atom. The van der Waals surface area contributed by atoms with Crippen molar-refractivity contribution in [2.75, 3.05) is 7.05 Å². The molecule has 0 bridgehead atoms. The maximum atomic E-state index is 4.20. The number of benzene rings is 1. The summed E-state index contributed by atoms with van der Waals surface area (Å²) in [6.07, 6.45) is 4.89. The average Bonchev–Trinajstić information content (AvgIpc) is 2.72. The molecule has 0 radical (unpaired) electrons. The van der Waals surface area contributed by atoms with Crippen LogP contribution in [0.3, 0.4) is 0 Å². The van der Waals surface area contributed by atoms with Gasteiger partial charge >= 0.3 is 0 Å². The van der Waals surface area contributed by atoms with Gasteiger partial charge in [-0.05, 0) is 36.7 Å². The Bertz CT molecular complexity index is 537. The summed E-state index contributed by atoms with van der Waals surface area (Å²) in [6.45, 7) is 0. The molecule has 0 amide bonds. The third-order valence-corrected chi connectivity index (χ3v) is 4.06. The summed E-state index contributed by atoms with van der Waals surface area (Å²) < 4.78 is 4.02. The molecule has 1 aromatic heterocycles. The van der Waals surface area contributed by atoms with Crippen LogP contribution in [-0.2, 0) is 13.5 Å². The Morgan fingerprint density at radius 3 is 2.72 bits per heavy atom. The first-order chi connectivity index (χ1) is 8.60. The van der Waals surface area contributed by atoms with Gasteiger partial charge < -0.3 is 5.32 Å². The molecule has 96 valence electrons. The van der Waals surface area contributed by atoms with Gasteiger partial charge in [0, 0.05) is 28.2 Å². The summed E-state index contributed by atoms with van der Waals surface area (Å²) in [5.74, 6) is 0. The third-order valence-electron chi connectivity index (χ3n) is 2.88. The number of aromatic nitrogens is 2. The molecule has 2 rings (SSSR count). The van der Waals surface area contributed by atoms with E-state index >= 15 is 0 Å². The van der Waals surface area contributed by atoms with Crippen LogP contribution in [0.15, 0.2) is 39.5 Å². The maximum Gasteiger partial charge on any atom is 0.0522 e. The maximum absolute atomic E-state index is 4.20. The minimum absolute atomic E-state index is 0.275. The Kier molecular flexibility index (Phi) is 4.59. The molecule has 5 heteroatoms. The molecule has 2 aromatic rings. The fraction of sp³-hybridized carbons (Fsp3) is 0.308. The number of aryl methyl sites for hydroxylation is 1.